The molecule has 4 nitrogen and oxygen atoms in total. The van der Waals surface area contributed by atoms with Gasteiger partial charge in [-0.3, -0.25) is 4.79 Å². The maximum Gasteiger partial charge on any atom is 0.223 e. The van der Waals surface area contributed by atoms with Crippen LogP contribution in [0.5, 0.6) is 0 Å². The van der Waals surface area contributed by atoms with Crippen LogP contribution in [0.2, 0.25) is 0 Å². The van der Waals surface area contributed by atoms with Crippen molar-refractivity contribution in [1.29, 1.82) is 0 Å². The molecule has 1 atom stereocenters. The number of nitrogens with zero attached hydrogens (tertiary/aromatic N) is 1. The van der Waals surface area contributed by atoms with Crippen LogP contribution in [0.3, 0.4) is 0 Å². The third-order valence-electron chi connectivity index (χ3n) is 3.70. The van der Waals surface area contributed by atoms with E-state index in [1.165, 1.54) is 0 Å². The van der Waals surface area contributed by atoms with E-state index in [4.69, 9.17) is 10.2 Å². The van der Waals surface area contributed by atoms with Gasteiger partial charge in [0.1, 0.15) is 11.3 Å². The van der Waals surface area contributed by atoms with Crippen LogP contribution in [0.1, 0.15) is 44.9 Å². The van der Waals surface area contributed by atoms with Crippen molar-refractivity contribution >= 4 is 16.9 Å². The smallest absolute Gasteiger partial charge is 0.223 e. The molecule has 0 radical (unpaired) electrons. The van der Waals surface area contributed by atoms with Crippen LogP contribution in [0.15, 0.2) is 34.7 Å². The lowest BCUT2D eigenvalue weighted by Crippen LogP contribution is -2.34. The summed E-state index contributed by atoms with van der Waals surface area (Å²) in [6.45, 7) is 5.38. The molecule has 0 fully saturated rings. The van der Waals surface area contributed by atoms with Crippen LogP contribution in [0.25, 0.3) is 11.0 Å². The van der Waals surface area contributed by atoms with Crippen LogP contribution in [-0.4, -0.2) is 23.9 Å². The molecule has 0 saturated heterocycles. The van der Waals surface area contributed by atoms with Crippen molar-refractivity contribution in [3.05, 3.63) is 36.1 Å². The van der Waals surface area contributed by atoms with Gasteiger partial charge in [0.15, 0.2) is 0 Å². The number of nitrogens with two attached hydrogens (primary N) is 1. The molecule has 1 aromatic heterocycles. The molecule has 1 heterocycles. The Morgan fingerprint density at radius 1 is 1.38 bits per heavy atom. The average Bonchev–Trinajstić information content (AvgIpc) is 2.93. The fourth-order valence-electron chi connectivity index (χ4n) is 2.53. The van der Waals surface area contributed by atoms with E-state index < -0.39 is 0 Å². The number of hydrogen-bond acceptors (Lipinski definition) is 3. The van der Waals surface area contributed by atoms with Crippen molar-refractivity contribution in [2.45, 2.75) is 39.2 Å². The molecular weight excluding hydrogens is 264 g/mol. The number of para-hydroxylation sites is 1. The van der Waals surface area contributed by atoms with Crippen LogP contribution >= 0.6 is 0 Å². The fourth-order valence-corrected chi connectivity index (χ4v) is 2.53. The highest BCUT2D eigenvalue weighted by Gasteiger charge is 2.23. The van der Waals surface area contributed by atoms with Crippen LogP contribution < -0.4 is 5.73 Å². The monoisotopic (exact) mass is 288 g/mol. The summed E-state index contributed by atoms with van der Waals surface area (Å²) in [5, 5.41) is 1.07. The second-order valence-corrected chi connectivity index (χ2v) is 5.34. The molecule has 0 aliphatic carbocycles. The third kappa shape index (κ3) is 3.64. The van der Waals surface area contributed by atoms with Crippen molar-refractivity contribution in [3.8, 4) is 0 Å². The highest BCUT2D eigenvalue weighted by atomic mass is 16.3. The standard InChI is InChI=1S/C17H24N2O2/c1-3-11-19(17(20)9-6-10-18)13(2)16-12-14-7-4-5-8-15(14)21-16/h4-5,7-8,12-13H,3,6,9-11,18H2,1-2H3. The molecule has 0 bridgehead atoms. The van der Waals surface area contributed by atoms with Crippen LogP contribution in [-0.2, 0) is 4.79 Å². The van der Waals surface area contributed by atoms with Gasteiger partial charge in [0.2, 0.25) is 5.91 Å². The molecule has 1 unspecified atom stereocenters. The van der Waals surface area contributed by atoms with Gasteiger partial charge in [-0.2, -0.15) is 0 Å². The lowest BCUT2D eigenvalue weighted by molar-refractivity contribution is -0.133. The first-order chi connectivity index (χ1) is 10.2. The number of carbonyl (C=O) groups is 1. The second-order valence-electron chi connectivity index (χ2n) is 5.34. The Morgan fingerprint density at radius 3 is 2.81 bits per heavy atom. The molecule has 2 rings (SSSR count). The highest BCUT2D eigenvalue weighted by molar-refractivity contribution is 5.79. The number of amides is 1. The summed E-state index contributed by atoms with van der Waals surface area (Å²) in [6.07, 6.45) is 2.16. The van der Waals surface area contributed by atoms with Crippen molar-refractivity contribution < 1.29 is 9.21 Å². The molecule has 4 heteroatoms. The van der Waals surface area contributed by atoms with Crippen LogP contribution in [0.4, 0.5) is 0 Å². The van der Waals surface area contributed by atoms with E-state index in [0.29, 0.717) is 13.0 Å². The zero-order valence-corrected chi connectivity index (χ0v) is 12.8. The first-order valence-corrected chi connectivity index (χ1v) is 7.65. The molecule has 0 spiro atoms. The predicted octanol–water partition coefficient (Wildman–Crippen LogP) is 3.47. The third-order valence-corrected chi connectivity index (χ3v) is 3.70. The second kappa shape index (κ2) is 7.27. The molecule has 1 aromatic carbocycles. The van der Waals surface area contributed by atoms with E-state index in [0.717, 1.165) is 36.1 Å². The summed E-state index contributed by atoms with van der Waals surface area (Å²) in [7, 11) is 0. The molecule has 2 N–H and O–H groups in total. The maximum absolute atomic E-state index is 12.4. The molecular formula is C17H24N2O2. The Bertz CT molecular complexity index is 558. The molecule has 0 aliphatic heterocycles. The Hall–Kier alpha value is -1.81. The highest BCUT2D eigenvalue weighted by Crippen LogP contribution is 2.28. The normalized spacial score (nSPS) is 12.5. The molecule has 0 aliphatic rings. The molecule has 0 saturated carbocycles. The lowest BCUT2D eigenvalue weighted by Gasteiger charge is -2.27. The number of rotatable bonds is 7. The van der Waals surface area contributed by atoms with E-state index in [-0.39, 0.29) is 11.9 Å². The SMILES string of the molecule is CCCN(C(=O)CCCN)C(C)c1cc2ccccc2o1. The van der Waals surface area contributed by atoms with Crippen molar-refractivity contribution in [2.75, 3.05) is 13.1 Å². The van der Waals surface area contributed by atoms with E-state index in [9.17, 15) is 4.79 Å². The number of carbonyl (C=O) groups excluding carboxylic acids is 1. The Morgan fingerprint density at radius 2 is 2.14 bits per heavy atom. The van der Waals surface area contributed by atoms with Crippen molar-refractivity contribution in [3.63, 3.8) is 0 Å². The fraction of sp³-hybridized carbons (Fsp3) is 0.471. The van der Waals surface area contributed by atoms with Gasteiger partial charge in [-0.1, -0.05) is 25.1 Å². The number of hydrogen-bond donors (Lipinski definition) is 1. The van der Waals surface area contributed by atoms with Gasteiger partial charge >= 0.3 is 0 Å². The summed E-state index contributed by atoms with van der Waals surface area (Å²) in [5.74, 6) is 0.987. The zero-order valence-electron chi connectivity index (χ0n) is 12.8. The van der Waals surface area contributed by atoms with Crippen LogP contribution in [0, 0.1) is 0 Å². The summed E-state index contributed by atoms with van der Waals surface area (Å²) >= 11 is 0. The zero-order chi connectivity index (χ0) is 15.2. The van der Waals surface area contributed by atoms with E-state index in [2.05, 4.69) is 6.92 Å². The molecule has 114 valence electrons. The van der Waals surface area contributed by atoms with Gasteiger partial charge in [0.25, 0.3) is 0 Å². The largest absolute Gasteiger partial charge is 0.459 e. The first kappa shape index (κ1) is 15.6. The van der Waals surface area contributed by atoms with E-state index in [1.54, 1.807) is 0 Å². The van der Waals surface area contributed by atoms with Gasteiger partial charge in [-0.05, 0) is 38.4 Å². The first-order valence-electron chi connectivity index (χ1n) is 7.65. The van der Waals surface area contributed by atoms with E-state index >= 15 is 0 Å². The topological polar surface area (TPSA) is 59.5 Å². The van der Waals surface area contributed by atoms with Gasteiger partial charge in [-0.25, -0.2) is 0 Å². The molecule has 21 heavy (non-hydrogen) atoms. The molecule has 2 aromatic rings. The summed E-state index contributed by atoms with van der Waals surface area (Å²) in [6, 6.07) is 9.89. The number of fused-ring (bicyclic) bond motifs is 1. The quantitative estimate of drug-likeness (QED) is 0.848. The van der Waals surface area contributed by atoms with Gasteiger partial charge in [-0.15, -0.1) is 0 Å². The van der Waals surface area contributed by atoms with Crippen molar-refractivity contribution in [2.24, 2.45) is 5.73 Å². The maximum atomic E-state index is 12.4. The number of benzene rings is 1. The molecule has 1 amide bonds. The minimum atomic E-state index is -0.0531. The van der Waals surface area contributed by atoms with Gasteiger partial charge < -0.3 is 15.1 Å². The van der Waals surface area contributed by atoms with Crippen molar-refractivity contribution in [1.82, 2.24) is 4.90 Å². The van der Waals surface area contributed by atoms with Gasteiger partial charge in [0, 0.05) is 18.4 Å². The summed E-state index contributed by atoms with van der Waals surface area (Å²) < 4.78 is 5.89. The minimum Gasteiger partial charge on any atom is -0.459 e. The lowest BCUT2D eigenvalue weighted by atomic mass is 10.1. The average molecular weight is 288 g/mol. The Balaban J connectivity index is 2.20. The minimum absolute atomic E-state index is 0.0531. The summed E-state index contributed by atoms with van der Waals surface area (Å²) in [4.78, 5) is 14.2. The van der Waals surface area contributed by atoms with E-state index in [1.807, 2.05) is 42.2 Å². The predicted molar refractivity (Wildman–Crippen MR) is 84.9 cm³/mol. The van der Waals surface area contributed by atoms with Gasteiger partial charge in [0.05, 0.1) is 6.04 Å². The Labute approximate surface area is 125 Å². The number of furan rings is 1. The Kier molecular flexibility index (Phi) is 5.39. The summed E-state index contributed by atoms with van der Waals surface area (Å²) in [5.41, 5.74) is 6.37.